The molecule has 0 saturated carbocycles. The number of nitro groups is 1. The van der Waals surface area contributed by atoms with Crippen LogP contribution in [0.25, 0.3) is 0 Å². The number of methoxy groups -OCH3 is 1. The second-order valence-corrected chi connectivity index (χ2v) is 4.20. The third-order valence-corrected chi connectivity index (χ3v) is 2.58. The van der Waals surface area contributed by atoms with Crippen molar-refractivity contribution in [2.24, 2.45) is 0 Å². The van der Waals surface area contributed by atoms with Crippen LogP contribution in [0.2, 0.25) is 0 Å². The number of halogens is 2. The molecule has 1 atom stereocenters. The van der Waals surface area contributed by atoms with Crippen LogP contribution >= 0.6 is 0 Å². The zero-order valence-corrected chi connectivity index (χ0v) is 11.1. The molecule has 2 N–H and O–H groups in total. The molecule has 0 aliphatic heterocycles. The van der Waals surface area contributed by atoms with E-state index in [9.17, 15) is 28.8 Å². The van der Waals surface area contributed by atoms with E-state index in [4.69, 9.17) is 0 Å². The molecule has 7 nitrogen and oxygen atoms in total. The fraction of sp³-hybridized carbons (Fsp3) is 0.417. The number of hydrogen-bond acceptors (Lipinski definition) is 5. The average molecular weight is 304 g/mol. The first-order valence-electron chi connectivity index (χ1n) is 5.95. The molecule has 1 amide bonds. The summed E-state index contributed by atoms with van der Waals surface area (Å²) >= 11 is 0. The van der Waals surface area contributed by atoms with Crippen LogP contribution in [0.4, 0.5) is 14.5 Å². The maximum atomic E-state index is 13.7. The highest BCUT2D eigenvalue weighted by atomic mass is 19.1. The minimum atomic E-state index is -1.41. The lowest BCUT2D eigenvalue weighted by molar-refractivity contribution is -0.387. The van der Waals surface area contributed by atoms with Gasteiger partial charge in [-0.05, 0) is 12.5 Å². The molecule has 0 aliphatic carbocycles. The molecular weight excluding hydrogens is 290 g/mol. The number of amides is 1. The van der Waals surface area contributed by atoms with Crippen molar-refractivity contribution in [2.75, 3.05) is 20.3 Å². The highest BCUT2D eigenvalue weighted by molar-refractivity contribution is 5.95. The zero-order chi connectivity index (χ0) is 16.0. The molecule has 0 radical (unpaired) electrons. The van der Waals surface area contributed by atoms with E-state index >= 15 is 0 Å². The van der Waals surface area contributed by atoms with Crippen LogP contribution in [-0.2, 0) is 4.74 Å². The van der Waals surface area contributed by atoms with Gasteiger partial charge in [-0.3, -0.25) is 14.9 Å². The number of nitrogens with zero attached hydrogens (tertiary/aromatic N) is 1. The fourth-order valence-electron chi connectivity index (χ4n) is 1.60. The summed E-state index contributed by atoms with van der Waals surface area (Å²) in [5, 5.41) is 22.1. The molecule has 9 heteroatoms. The average Bonchev–Trinajstić information content (AvgIpc) is 2.40. The summed E-state index contributed by atoms with van der Waals surface area (Å²) in [6.07, 6.45) is -0.680. The molecule has 0 saturated heterocycles. The number of aliphatic hydroxyl groups excluding tert-OH is 1. The van der Waals surface area contributed by atoms with Crippen molar-refractivity contribution in [1.82, 2.24) is 5.32 Å². The van der Waals surface area contributed by atoms with E-state index in [-0.39, 0.29) is 19.6 Å². The van der Waals surface area contributed by atoms with Gasteiger partial charge in [0.15, 0.2) is 0 Å². The topological polar surface area (TPSA) is 102 Å². The van der Waals surface area contributed by atoms with Crippen molar-refractivity contribution in [3.05, 3.63) is 39.4 Å². The van der Waals surface area contributed by atoms with Crippen molar-refractivity contribution in [3.63, 3.8) is 0 Å². The van der Waals surface area contributed by atoms with Crippen molar-refractivity contribution in [3.8, 4) is 0 Å². The minimum Gasteiger partial charge on any atom is -0.391 e. The summed E-state index contributed by atoms with van der Waals surface area (Å²) in [7, 11) is 1.39. The maximum absolute atomic E-state index is 13.7. The van der Waals surface area contributed by atoms with Crippen LogP contribution in [-0.4, -0.2) is 42.3 Å². The Labute approximate surface area is 118 Å². The van der Waals surface area contributed by atoms with Crippen LogP contribution in [0, 0.1) is 21.7 Å². The normalized spacial score (nSPS) is 12.0. The monoisotopic (exact) mass is 304 g/mol. The van der Waals surface area contributed by atoms with Crippen LogP contribution in [0.1, 0.15) is 16.8 Å². The summed E-state index contributed by atoms with van der Waals surface area (Å²) in [5.41, 5.74) is -1.87. The molecule has 1 aromatic rings. The molecule has 1 rings (SSSR count). The van der Waals surface area contributed by atoms with Gasteiger partial charge in [-0.25, -0.2) is 4.39 Å². The highest BCUT2D eigenvalue weighted by Crippen LogP contribution is 2.22. The quantitative estimate of drug-likeness (QED) is 0.578. The molecule has 0 spiro atoms. The molecule has 0 fully saturated rings. The van der Waals surface area contributed by atoms with Gasteiger partial charge < -0.3 is 15.2 Å². The smallest absolute Gasteiger partial charge is 0.308 e. The van der Waals surface area contributed by atoms with Crippen molar-refractivity contribution < 1.29 is 28.3 Å². The molecule has 116 valence electrons. The van der Waals surface area contributed by atoms with Gasteiger partial charge in [-0.1, -0.05) is 0 Å². The molecular formula is C12H14F2N2O5. The minimum absolute atomic E-state index is 0.0207. The lowest BCUT2D eigenvalue weighted by Gasteiger charge is -2.10. The number of benzene rings is 1. The Bertz CT molecular complexity index is 539. The molecule has 0 aromatic heterocycles. The van der Waals surface area contributed by atoms with E-state index in [1.54, 1.807) is 0 Å². The Morgan fingerprint density at radius 3 is 2.76 bits per heavy atom. The molecule has 21 heavy (non-hydrogen) atoms. The number of ether oxygens (including phenoxy) is 1. The van der Waals surface area contributed by atoms with Gasteiger partial charge in [-0.2, -0.15) is 4.39 Å². The van der Waals surface area contributed by atoms with E-state index in [0.717, 1.165) is 0 Å². The second kappa shape index (κ2) is 7.60. The summed E-state index contributed by atoms with van der Waals surface area (Å²) in [6.45, 7) is 0.0444. The van der Waals surface area contributed by atoms with Crippen LogP contribution in [0.3, 0.4) is 0 Å². The SMILES string of the molecule is COCC(O)CCNC(=O)c1cc(F)cc([N+](=O)[O-])c1F. The number of aliphatic hydroxyl groups is 1. The first-order valence-corrected chi connectivity index (χ1v) is 5.95. The maximum Gasteiger partial charge on any atom is 0.308 e. The van der Waals surface area contributed by atoms with E-state index in [1.807, 2.05) is 0 Å². The number of carbonyl (C=O) groups is 1. The Morgan fingerprint density at radius 1 is 1.52 bits per heavy atom. The lowest BCUT2D eigenvalue weighted by Crippen LogP contribution is -2.29. The summed E-state index contributed by atoms with van der Waals surface area (Å²) < 4.78 is 31.6. The third-order valence-electron chi connectivity index (χ3n) is 2.58. The number of hydrogen-bond donors (Lipinski definition) is 2. The predicted octanol–water partition coefficient (Wildman–Crippen LogP) is 1.00. The highest BCUT2D eigenvalue weighted by Gasteiger charge is 2.24. The van der Waals surface area contributed by atoms with Crippen LogP contribution < -0.4 is 5.32 Å². The van der Waals surface area contributed by atoms with E-state index < -0.39 is 39.8 Å². The molecule has 0 bridgehead atoms. The molecule has 0 heterocycles. The summed E-state index contributed by atoms with van der Waals surface area (Å²) in [5.74, 6) is -3.50. The van der Waals surface area contributed by atoms with E-state index in [2.05, 4.69) is 10.1 Å². The molecule has 1 aromatic carbocycles. The standard InChI is InChI=1S/C12H14F2N2O5/c1-21-6-8(17)2-3-15-12(18)9-4-7(13)5-10(11(9)14)16(19)20/h4-5,8,17H,2-3,6H2,1H3,(H,15,18). The second-order valence-electron chi connectivity index (χ2n) is 4.20. The zero-order valence-electron chi connectivity index (χ0n) is 11.1. The van der Waals surface area contributed by atoms with Gasteiger partial charge in [0.25, 0.3) is 5.91 Å². The number of carbonyl (C=O) groups excluding carboxylic acids is 1. The predicted molar refractivity (Wildman–Crippen MR) is 67.8 cm³/mol. The third kappa shape index (κ3) is 4.72. The Morgan fingerprint density at radius 2 is 2.19 bits per heavy atom. The Hall–Kier alpha value is -2.13. The first kappa shape index (κ1) is 16.9. The van der Waals surface area contributed by atoms with Crippen LogP contribution in [0.5, 0.6) is 0 Å². The van der Waals surface area contributed by atoms with Crippen molar-refractivity contribution in [1.29, 1.82) is 0 Å². The van der Waals surface area contributed by atoms with Gasteiger partial charge >= 0.3 is 5.69 Å². The largest absolute Gasteiger partial charge is 0.391 e. The van der Waals surface area contributed by atoms with Gasteiger partial charge in [0.2, 0.25) is 5.82 Å². The summed E-state index contributed by atoms with van der Waals surface area (Å²) in [6, 6.07) is 0.970. The van der Waals surface area contributed by atoms with E-state index in [0.29, 0.717) is 12.1 Å². The van der Waals surface area contributed by atoms with E-state index in [1.165, 1.54) is 7.11 Å². The Kier molecular flexibility index (Phi) is 6.12. The van der Waals surface area contributed by atoms with Crippen molar-refractivity contribution >= 4 is 11.6 Å². The van der Waals surface area contributed by atoms with Gasteiger partial charge in [0.05, 0.1) is 29.3 Å². The first-order chi connectivity index (χ1) is 9.86. The van der Waals surface area contributed by atoms with Gasteiger partial charge in [-0.15, -0.1) is 0 Å². The number of nitrogens with one attached hydrogen (secondary N) is 1. The fourth-order valence-corrected chi connectivity index (χ4v) is 1.60. The van der Waals surface area contributed by atoms with Gasteiger partial charge in [0, 0.05) is 13.7 Å². The molecule has 0 aliphatic rings. The van der Waals surface area contributed by atoms with Crippen LogP contribution in [0.15, 0.2) is 12.1 Å². The van der Waals surface area contributed by atoms with Crippen molar-refractivity contribution in [2.45, 2.75) is 12.5 Å². The lowest BCUT2D eigenvalue weighted by atomic mass is 10.1. The Balaban J connectivity index is 2.77. The number of rotatable bonds is 7. The number of nitro benzene ring substituents is 1. The summed E-state index contributed by atoms with van der Waals surface area (Å²) in [4.78, 5) is 21.1. The van der Waals surface area contributed by atoms with Gasteiger partial charge in [0.1, 0.15) is 5.82 Å². The molecule has 1 unspecified atom stereocenters.